The van der Waals surface area contributed by atoms with Crippen LogP contribution in [-0.2, 0) is 6.61 Å². The molecule has 1 heterocycles. The lowest BCUT2D eigenvalue weighted by molar-refractivity contribution is 0.102. The number of anilines is 1. The number of aromatic hydroxyl groups is 1. The Kier molecular flexibility index (Phi) is 4.42. The number of carbonyl (C=O) groups is 1. The summed E-state index contributed by atoms with van der Waals surface area (Å²) in [4.78, 5) is 12.1. The summed E-state index contributed by atoms with van der Waals surface area (Å²) in [6, 6.07) is 11.7. The average Bonchev–Trinajstić information content (AvgIpc) is 3.07. The molecule has 1 aromatic heterocycles. The third-order valence-corrected chi connectivity index (χ3v) is 3.19. The highest BCUT2D eigenvalue weighted by atomic mass is 19.1. The van der Waals surface area contributed by atoms with Gasteiger partial charge in [-0.3, -0.25) is 4.79 Å². The number of phenolic OH excluding ortho intramolecular Hbond substituents is 1. The molecule has 2 N–H and O–H groups in total. The van der Waals surface area contributed by atoms with E-state index in [1.165, 1.54) is 42.7 Å². The number of halogens is 1. The Labute approximate surface area is 136 Å². The van der Waals surface area contributed by atoms with Crippen molar-refractivity contribution in [2.24, 2.45) is 0 Å². The number of carbonyl (C=O) groups excluding carboxylic acids is 1. The SMILES string of the molecule is O=C(Nc1ccon1)c1cc(OCc2cccc(F)c2)ccc1O. The summed E-state index contributed by atoms with van der Waals surface area (Å²) in [6.45, 7) is 0.132. The molecule has 0 radical (unpaired) electrons. The lowest BCUT2D eigenvalue weighted by Gasteiger charge is -2.09. The van der Waals surface area contributed by atoms with Gasteiger partial charge in [-0.1, -0.05) is 17.3 Å². The number of hydrogen-bond acceptors (Lipinski definition) is 5. The quantitative estimate of drug-likeness (QED) is 0.750. The Hall–Kier alpha value is -3.35. The Bertz CT molecular complexity index is 850. The molecule has 0 bridgehead atoms. The highest BCUT2D eigenvalue weighted by Crippen LogP contribution is 2.24. The largest absolute Gasteiger partial charge is 0.507 e. The molecule has 0 unspecified atom stereocenters. The summed E-state index contributed by atoms with van der Waals surface area (Å²) in [6.07, 6.45) is 1.31. The van der Waals surface area contributed by atoms with Gasteiger partial charge in [0.15, 0.2) is 5.82 Å². The maximum absolute atomic E-state index is 13.1. The molecule has 0 saturated carbocycles. The molecule has 0 saturated heterocycles. The first-order valence-corrected chi connectivity index (χ1v) is 7.04. The number of benzene rings is 2. The number of nitrogens with one attached hydrogen (secondary N) is 1. The summed E-state index contributed by atoms with van der Waals surface area (Å²) in [5.74, 6) is -0.519. The highest BCUT2D eigenvalue weighted by Gasteiger charge is 2.14. The lowest BCUT2D eigenvalue weighted by atomic mass is 10.1. The van der Waals surface area contributed by atoms with E-state index in [-0.39, 0.29) is 29.6 Å². The van der Waals surface area contributed by atoms with E-state index in [4.69, 9.17) is 4.74 Å². The Morgan fingerprint density at radius 1 is 1.25 bits per heavy atom. The van der Waals surface area contributed by atoms with Crippen molar-refractivity contribution in [2.75, 3.05) is 5.32 Å². The van der Waals surface area contributed by atoms with Crippen LogP contribution in [0.2, 0.25) is 0 Å². The summed E-state index contributed by atoms with van der Waals surface area (Å²) in [5.41, 5.74) is 0.673. The minimum atomic E-state index is -0.558. The van der Waals surface area contributed by atoms with Gasteiger partial charge in [0.05, 0.1) is 5.56 Å². The molecule has 122 valence electrons. The maximum Gasteiger partial charge on any atom is 0.260 e. The third-order valence-electron chi connectivity index (χ3n) is 3.19. The molecular weight excluding hydrogens is 315 g/mol. The van der Waals surface area contributed by atoms with Crippen molar-refractivity contribution in [1.29, 1.82) is 0 Å². The summed E-state index contributed by atoms with van der Waals surface area (Å²) < 4.78 is 23.3. The number of hydrogen-bond donors (Lipinski definition) is 2. The number of phenols is 1. The van der Waals surface area contributed by atoms with Gasteiger partial charge in [-0.2, -0.15) is 0 Å². The Morgan fingerprint density at radius 3 is 2.88 bits per heavy atom. The van der Waals surface area contributed by atoms with Crippen LogP contribution >= 0.6 is 0 Å². The van der Waals surface area contributed by atoms with Gasteiger partial charge in [0.1, 0.15) is 30.2 Å². The van der Waals surface area contributed by atoms with Crippen LogP contribution in [0.15, 0.2) is 59.3 Å². The van der Waals surface area contributed by atoms with Gasteiger partial charge < -0.3 is 19.7 Å². The zero-order chi connectivity index (χ0) is 16.9. The normalized spacial score (nSPS) is 10.4. The second-order valence-electron chi connectivity index (χ2n) is 4.94. The molecule has 0 aliphatic carbocycles. The molecule has 3 rings (SSSR count). The fourth-order valence-electron chi connectivity index (χ4n) is 2.04. The standard InChI is InChI=1S/C17H13FN2O4/c18-12-3-1-2-11(8-12)10-23-13-4-5-15(21)14(9-13)17(22)19-16-6-7-24-20-16/h1-9,21H,10H2,(H,19,20,22). The van der Waals surface area contributed by atoms with Crippen molar-refractivity contribution in [2.45, 2.75) is 6.61 Å². The molecule has 0 spiro atoms. The summed E-state index contributed by atoms with van der Waals surface area (Å²) >= 11 is 0. The van der Waals surface area contributed by atoms with Gasteiger partial charge in [0, 0.05) is 6.07 Å². The van der Waals surface area contributed by atoms with Crippen molar-refractivity contribution in [1.82, 2.24) is 5.16 Å². The fourth-order valence-corrected chi connectivity index (χ4v) is 2.04. The van der Waals surface area contributed by atoms with E-state index >= 15 is 0 Å². The van der Waals surface area contributed by atoms with Crippen LogP contribution in [0.5, 0.6) is 11.5 Å². The van der Waals surface area contributed by atoms with Crippen molar-refractivity contribution >= 4 is 11.7 Å². The van der Waals surface area contributed by atoms with Crippen molar-refractivity contribution < 1.29 is 23.6 Å². The monoisotopic (exact) mass is 328 g/mol. The highest BCUT2D eigenvalue weighted by molar-refractivity contribution is 6.05. The average molecular weight is 328 g/mol. The lowest BCUT2D eigenvalue weighted by Crippen LogP contribution is -2.12. The van der Waals surface area contributed by atoms with E-state index in [0.717, 1.165) is 0 Å². The first-order valence-electron chi connectivity index (χ1n) is 7.04. The molecule has 0 fully saturated rings. The van der Waals surface area contributed by atoms with E-state index in [9.17, 15) is 14.3 Å². The van der Waals surface area contributed by atoms with E-state index < -0.39 is 5.91 Å². The minimum Gasteiger partial charge on any atom is -0.507 e. The molecule has 7 heteroatoms. The molecule has 0 atom stereocenters. The first kappa shape index (κ1) is 15.5. The molecule has 3 aromatic rings. The van der Waals surface area contributed by atoms with Crippen LogP contribution in [0.1, 0.15) is 15.9 Å². The van der Waals surface area contributed by atoms with Crippen LogP contribution in [-0.4, -0.2) is 16.2 Å². The first-order chi connectivity index (χ1) is 11.6. The molecule has 0 aliphatic heterocycles. The van der Waals surface area contributed by atoms with E-state index in [0.29, 0.717) is 11.3 Å². The maximum atomic E-state index is 13.1. The number of rotatable bonds is 5. The number of ether oxygens (including phenoxy) is 1. The third kappa shape index (κ3) is 3.70. The zero-order valence-electron chi connectivity index (χ0n) is 12.4. The summed E-state index contributed by atoms with van der Waals surface area (Å²) in [7, 11) is 0. The summed E-state index contributed by atoms with van der Waals surface area (Å²) in [5, 5.41) is 15.9. The zero-order valence-corrected chi connectivity index (χ0v) is 12.4. The van der Waals surface area contributed by atoms with Crippen LogP contribution < -0.4 is 10.1 Å². The smallest absolute Gasteiger partial charge is 0.260 e. The fraction of sp³-hybridized carbons (Fsp3) is 0.0588. The van der Waals surface area contributed by atoms with Gasteiger partial charge in [0.25, 0.3) is 5.91 Å². The van der Waals surface area contributed by atoms with Crippen LogP contribution in [0, 0.1) is 5.82 Å². The molecule has 1 amide bonds. The van der Waals surface area contributed by atoms with Crippen LogP contribution in [0.4, 0.5) is 10.2 Å². The van der Waals surface area contributed by atoms with Crippen molar-refractivity contribution in [3.05, 3.63) is 71.7 Å². The Balaban J connectivity index is 1.72. The van der Waals surface area contributed by atoms with E-state index in [1.54, 1.807) is 12.1 Å². The van der Waals surface area contributed by atoms with E-state index in [2.05, 4.69) is 15.0 Å². The number of aromatic nitrogens is 1. The van der Waals surface area contributed by atoms with Gasteiger partial charge in [0.2, 0.25) is 0 Å². The predicted octanol–water partition coefficient (Wildman–Crippen LogP) is 3.35. The predicted molar refractivity (Wildman–Crippen MR) is 83.3 cm³/mol. The molecule has 0 aliphatic rings. The van der Waals surface area contributed by atoms with Crippen molar-refractivity contribution in [3.8, 4) is 11.5 Å². The molecule has 24 heavy (non-hydrogen) atoms. The molecule has 6 nitrogen and oxygen atoms in total. The Morgan fingerprint density at radius 2 is 2.12 bits per heavy atom. The molecule has 2 aromatic carbocycles. The van der Waals surface area contributed by atoms with Gasteiger partial charge in [-0.15, -0.1) is 0 Å². The van der Waals surface area contributed by atoms with E-state index in [1.807, 2.05) is 0 Å². The number of amides is 1. The van der Waals surface area contributed by atoms with Gasteiger partial charge in [-0.05, 0) is 35.9 Å². The minimum absolute atomic E-state index is 0.0229. The topological polar surface area (TPSA) is 84.6 Å². The second kappa shape index (κ2) is 6.82. The second-order valence-corrected chi connectivity index (χ2v) is 4.94. The molecular formula is C17H13FN2O4. The van der Waals surface area contributed by atoms with Crippen molar-refractivity contribution in [3.63, 3.8) is 0 Å². The van der Waals surface area contributed by atoms with Crippen LogP contribution in [0.25, 0.3) is 0 Å². The number of nitrogens with zero attached hydrogens (tertiary/aromatic N) is 1. The van der Waals surface area contributed by atoms with Gasteiger partial charge in [-0.25, -0.2) is 4.39 Å². The van der Waals surface area contributed by atoms with Gasteiger partial charge >= 0.3 is 0 Å². The van der Waals surface area contributed by atoms with Crippen LogP contribution in [0.3, 0.4) is 0 Å².